The zero-order chi connectivity index (χ0) is 11.7. The number of aryl methyl sites for hydroxylation is 1. The van der Waals surface area contributed by atoms with Gasteiger partial charge < -0.3 is 10.4 Å². The van der Waals surface area contributed by atoms with Gasteiger partial charge in [0.2, 0.25) is 0 Å². The minimum absolute atomic E-state index is 0.614. The van der Waals surface area contributed by atoms with Gasteiger partial charge in [0.05, 0.1) is 0 Å². The Morgan fingerprint density at radius 3 is 2.69 bits per heavy atom. The van der Waals surface area contributed by atoms with Gasteiger partial charge in [-0.05, 0) is 31.0 Å². The Bertz CT molecular complexity index is 533. The van der Waals surface area contributed by atoms with Crippen molar-refractivity contribution >= 4 is 27.4 Å². The molecule has 0 bridgehead atoms. The van der Waals surface area contributed by atoms with E-state index in [1.165, 1.54) is 0 Å². The Labute approximate surface area is 97.7 Å². The number of thiophene rings is 1. The van der Waals surface area contributed by atoms with Crippen molar-refractivity contribution in [2.75, 3.05) is 7.05 Å². The number of benzene rings is 1. The highest BCUT2D eigenvalue weighted by molar-refractivity contribution is 7.19. The molecule has 1 aromatic heterocycles. The number of aliphatic carboxylic acids is 1. The van der Waals surface area contributed by atoms with Crippen LogP contribution < -0.4 is 5.32 Å². The van der Waals surface area contributed by atoms with Crippen LogP contribution in [0.15, 0.2) is 24.3 Å². The lowest BCUT2D eigenvalue weighted by molar-refractivity contribution is -0.139. The Morgan fingerprint density at radius 2 is 2.12 bits per heavy atom. The molecule has 0 radical (unpaired) electrons. The fraction of sp³-hybridized carbons (Fsp3) is 0.250. The molecule has 0 saturated heterocycles. The van der Waals surface area contributed by atoms with E-state index < -0.39 is 12.0 Å². The first kappa shape index (κ1) is 11.1. The fourth-order valence-electron chi connectivity index (χ4n) is 1.84. The first-order valence-corrected chi connectivity index (χ1v) is 5.85. The molecule has 0 saturated carbocycles. The van der Waals surface area contributed by atoms with Crippen LogP contribution >= 0.6 is 11.3 Å². The van der Waals surface area contributed by atoms with Crippen LogP contribution in [0.4, 0.5) is 0 Å². The van der Waals surface area contributed by atoms with Gasteiger partial charge in [-0.15, -0.1) is 11.3 Å². The number of hydrogen-bond acceptors (Lipinski definition) is 3. The quantitative estimate of drug-likeness (QED) is 0.859. The van der Waals surface area contributed by atoms with Crippen LogP contribution in [0, 0.1) is 6.92 Å². The molecule has 0 spiro atoms. The molecule has 84 valence electrons. The number of rotatable bonds is 3. The summed E-state index contributed by atoms with van der Waals surface area (Å²) in [7, 11) is 1.67. The van der Waals surface area contributed by atoms with Crippen molar-refractivity contribution in [1.82, 2.24) is 5.32 Å². The van der Waals surface area contributed by atoms with Crippen LogP contribution in [-0.4, -0.2) is 18.1 Å². The predicted octanol–water partition coefficient (Wildman–Crippen LogP) is 2.55. The number of hydrogen-bond donors (Lipinski definition) is 2. The second-order valence-electron chi connectivity index (χ2n) is 3.65. The molecule has 1 atom stereocenters. The standard InChI is InChI=1S/C12H13NO2S/c1-7-8-5-3-4-6-9(8)16-11(7)10(13-2)12(14)15/h3-6,10,13H,1-2H3,(H,14,15). The molecule has 1 heterocycles. The highest BCUT2D eigenvalue weighted by atomic mass is 32.1. The van der Waals surface area contributed by atoms with Crippen molar-refractivity contribution in [2.45, 2.75) is 13.0 Å². The Hall–Kier alpha value is -1.39. The normalized spacial score (nSPS) is 12.9. The van der Waals surface area contributed by atoms with Crippen molar-refractivity contribution in [2.24, 2.45) is 0 Å². The molecular formula is C12H13NO2S. The van der Waals surface area contributed by atoms with Crippen LogP contribution in [0.5, 0.6) is 0 Å². The number of carboxylic acid groups (broad SMARTS) is 1. The zero-order valence-corrected chi connectivity index (χ0v) is 9.97. The minimum Gasteiger partial charge on any atom is -0.480 e. The minimum atomic E-state index is -0.836. The second kappa shape index (κ2) is 4.23. The summed E-state index contributed by atoms with van der Waals surface area (Å²) in [6.07, 6.45) is 0. The van der Waals surface area contributed by atoms with E-state index in [1.807, 2.05) is 31.2 Å². The van der Waals surface area contributed by atoms with Crippen molar-refractivity contribution in [3.8, 4) is 0 Å². The first-order valence-electron chi connectivity index (χ1n) is 5.03. The third-order valence-electron chi connectivity index (χ3n) is 2.68. The molecule has 2 N–H and O–H groups in total. The van der Waals surface area contributed by atoms with E-state index in [2.05, 4.69) is 5.32 Å². The Morgan fingerprint density at radius 1 is 1.44 bits per heavy atom. The molecule has 0 aliphatic carbocycles. The maximum absolute atomic E-state index is 11.1. The molecular weight excluding hydrogens is 222 g/mol. The predicted molar refractivity (Wildman–Crippen MR) is 66.0 cm³/mol. The van der Waals surface area contributed by atoms with Crippen LogP contribution in [0.3, 0.4) is 0 Å². The lowest BCUT2D eigenvalue weighted by Gasteiger charge is -2.09. The van der Waals surface area contributed by atoms with Gasteiger partial charge in [-0.2, -0.15) is 0 Å². The van der Waals surface area contributed by atoms with Crippen LogP contribution in [0.1, 0.15) is 16.5 Å². The molecule has 2 rings (SSSR count). The van der Waals surface area contributed by atoms with Gasteiger partial charge in [0.25, 0.3) is 0 Å². The molecule has 1 aromatic carbocycles. The van der Waals surface area contributed by atoms with Gasteiger partial charge in [-0.25, -0.2) is 0 Å². The molecule has 3 nitrogen and oxygen atoms in total. The van der Waals surface area contributed by atoms with E-state index in [1.54, 1.807) is 18.4 Å². The average Bonchev–Trinajstić information content (AvgIpc) is 2.58. The van der Waals surface area contributed by atoms with Crippen LogP contribution in [0.25, 0.3) is 10.1 Å². The first-order chi connectivity index (χ1) is 7.65. The maximum Gasteiger partial charge on any atom is 0.326 e. The summed E-state index contributed by atoms with van der Waals surface area (Å²) in [5.41, 5.74) is 1.06. The van der Waals surface area contributed by atoms with Crippen molar-refractivity contribution in [3.05, 3.63) is 34.7 Å². The summed E-state index contributed by atoms with van der Waals surface area (Å²) in [5.74, 6) is -0.836. The van der Waals surface area contributed by atoms with Gasteiger partial charge in [0.1, 0.15) is 6.04 Å². The van der Waals surface area contributed by atoms with Gasteiger partial charge in [0.15, 0.2) is 0 Å². The molecule has 0 amide bonds. The molecule has 1 unspecified atom stereocenters. The van der Waals surface area contributed by atoms with Crippen LogP contribution in [-0.2, 0) is 4.79 Å². The summed E-state index contributed by atoms with van der Waals surface area (Å²) in [5, 5.41) is 13.1. The van der Waals surface area contributed by atoms with Gasteiger partial charge in [-0.1, -0.05) is 18.2 Å². The summed E-state index contributed by atoms with van der Waals surface area (Å²) in [4.78, 5) is 12.0. The van der Waals surface area contributed by atoms with E-state index >= 15 is 0 Å². The van der Waals surface area contributed by atoms with E-state index in [0.717, 1.165) is 20.5 Å². The largest absolute Gasteiger partial charge is 0.480 e. The maximum atomic E-state index is 11.1. The van der Waals surface area contributed by atoms with Gasteiger partial charge in [-0.3, -0.25) is 4.79 Å². The van der Waals surface area contributed by atoms with Gasteiger partial charge in [0, 0.05) is 9.58 Å². The Balaban J connectivity index is 2.60. The van der Waals surface area contributed by atoms with E-state index in [4.69, 9.17) is 5.11 Å². The van der Waals surface area contributed by atoms with E-state index in [0.29, 0.717) is 0 Å². The number of carbonyl (C=O) groups is 1. The third kappa shape index (κ3) is 1.70. The Kier molecular flexibility index (Phi) is 2.94. The lowest BCUT2D eigenvalue weighted by Crippen LogP contribution is -2.24. The zero-order valence-electron chi connectivity index (χ0n) is 9.15. The number of likely N-dealkylation sites (N-methyl/N-ethyl adjacent to an activating group) is 1. The van der Waals surface area contributed by atoms with Crippen molar-refractivity contribution < 1.29 is 9.90 Å². The summed E-state index contributed by atoms with van der Waals surface area (Å²) < 4.78 is 1.14. The summed E-state index contributed by atoms with van der Waals surface area (Å²) in [6.45, 7) is 1.97. The summed E-state index contributed by atoms with van der Waals surface area (Å²) >= 11 is 1.54. The number of fused-ring (bicyclic) bond motifs is 1. The topological polar surface area (TPSA) is 49.3 Å². The van der Waals surface area contributed by atoms with Gasteiger partial charge >= 0.3 is 5.97 Å². The highest BCUT2D eigenvalue weighted by Gasteiger charge is 2.22. The number of nitrogens with one attached hydrogen (secondary N) is 1. The van der Waals surface area contributed by atoms with E-state index in [9.17, 15) is 4.79 Å². The average molecular weight is 235 g/mol. The third-order valence-corrected chi connectivity index (χ3v) is 4.02. The molecule has 0 fully saturated rings. The molecule has 0 aliphatic rings. The second-order valence-corrected chi connectivity index (χ2v) is 4.73. The highest BCUT2D eigenvalue weighted by Crippen LogP contribution is 2.34. The van der Waals surface area contributed by atoms with Crippen LogP contribution in [0.2, 0.25) is 0 Å². The fourth-order valence-corrected chi connectivity index (χ4v) is 3.15. The van der Waals surface area contributed by atoms with Crippen molar-refractivity contribution in [3.63, 3.8) is 0 Å². The number of carboxylic acids is 1. The molecule has 0 aliphatic heterocycles. The lowest BCUT2D eigenvalue weighted by atomic mass is 10.1. The smallest absolute Gasteiger partial charge is 0.326 e. The SMILES string of the molecule is CNC(C(=O)O)c1sc2ccccc2c1C. The molecule has 16 heavy (non-hydrogen) atoms. The molecule has 4 heteroatoms. The summed E-state index contributed by atoms with van der Waals surface area (Å²) in [6, 6.07) is 7.38. The van der Waals surface area contributed by atoms with Crippen molar-refractivity contribution in [1.29, 1.82) is 0 Å². The molecule has 2 aromatic rings. The monoisotopic (exact) mass is 235 g/mol. The van der Waals surface area contributed by atoms with E-state index in [-0.39, 0.29) is 0 Å².